The Hall–Kier alpha value is -1.61. The Bertz CT molecular complexity index is 826. The van der Waals surface area contributed by atoms with E-state index in [4.69, 9.17) is 16.7 Å². The van der Waals surface area contributed by atoms with Crippen molar-refractivity contribution in [3.05, 3.63) is 64.7 Å². The Morgan fingerprint density at radius 3 is 2.28 bits per heavy atom. The van der Waals surface area contributed by atoms with E-state index in [9.17, 15) is 21.6 Å². The predicted molar refractivity (Wildman–Crippen MR) is 87.6 cm³/mol. The van der Waals surface area contributed by atoms with Crippen molar-refractivity contribution in [1.29, 1.82) is 0 Å². The van der Waals surface area contributed by atoms with Crippen molar-refractivity contribution in [3.8, 4) is 0 Å². The third-order valence-electron chi connectivity index (χ3n) is 3.43. The molecule has 0 aliphatic rings. The molecule has 0 aliphatic heterocycles. The van der Waals surface area contributed by atoms with Gasteiger partial charge >= 0.3 is 6.18 Å². The first-order valence-electron chi connectivity index (χ1n) is 7.18. The highest BCUT2D eigenvalue weighted by molar-refractivity contribution is 7.89. The normalized spacial score (nSPS) is 12.6. The molecule has 9 heteroatoms. The number of sulfonamides is 1. The summed E-state index contributed by atoms with van der Waals surface area (Å²) in [6.45, 7) is -0.791. The molecule has 0 fully saturated rings. The van der Waals surface area contributed by atoms with Gasteiger partial charge in [-0.25, -0.2) is 8.42 Å². The number of aliphatic hydroxyl groups is 1. The van der Waals surface area contributed by atoms with Crippen molar-refractivity contribution in [2.24, 2.45) is 0 Å². The number of nitrogens with zero attached hydrogens (tertiary/aromatic N) is 1. The van der Waals surface area contributed by atoms with E-state index in [2.05, 4.69) is 0 Å². The third-order valence-corrected chi connectivity index (χ3v) is 5.60. The van der Waals surface area contributed by atoms with Crippen LogP contribution in [0.4, 0.5) is 13.2 Å². The molecule has 2 aromatic carbocycles. The van der Waals surface area contributed by atoms with Gasteiger partial charge in [0.05, 0.1) is 22.1 Å². The third kappa shape index (κ3) is 4.72. The molecule has 0 aliphatic carbocycles. The lowest BCUT2D eigenvalue weighted by Crippen LogP contribution is -2.33. The second kappa shape index (κ2) is 7.74. The van der Waals surface area contributed by atoms with Gasteiger partial charge in [-0.15, -0.1) is 0 Å². The summed E-state index contributed by atoms with van der Waals surface area (Å²) in [6, 6.07) is 11.0. The van der Waals surface area contributed by atoms with Crippen molar-refractivity contribution in [1.82, 2.24) is 4.31 Å². The Labute approximate surface area is 148 Å². The average molecular weight is 394 g/mol. The molecular weight excluding hydrogens is 379 g/mol. The van der Waals surface area contributed by atoms with Gasteiger partial charge < -0.3 is 5.11 Å². The molecule has 2 aromatic rings. The first-order chi connectivity index (χ1) is 11.7. The molecule has 0 unspecified atom stereocenters. The van der Waals surface area contributed by atoms with Crippen LogP contribution in [0.15, 0.2) is 53.4 Å². The number of rotatable bonds is 6. The first kappa shape index (κ1) is 19.7. The molecule has 0 aromatic heterocycles. The van der Waals surface area contributed by atoms with Crippen molar-refractivity contribution in [2.45, 2.75) is 17.6 Å². The maximum atomic E-state index is 13.0. The number of benzene rings is 2. The maximum Gasteiger partial charge on any atom is 0.417 e. The van der Waals surface area contributed by atoms with Crippen LogP contribution in [0.25, 0.3) is 0 Å². The highest BCUT2D eigenvalue weighted by atomic mass is 35.5. The summed E-state index contributed by atoms with van der Waals surface area (Å²) >= 11 is 5.53. The van der Waals surface area contributed by atoms with Gasteiger partial charge in [-0.1, -0.05) is 41.9 Å². The van der Waals surface area contributed by atoms with Gasteiger partial charge in [0.25, 0.3) is 0 Å². The minimum atomic E-state index is -4.77. The number of alkyl halides is 3. The highest BCUT2D eigenvalue weighted by Crippen LogP contribution is 2.36. The van der Waals surface area contributed by atoms with Gasteiger partial charge in [-0.05, 0) is 23.8 Å². The minimum Gasteiger partial charge on any atom is -0.395 e. The van der Waals surface area contributed by atoms with Gasteiger partial charge in [0, 0.05) is 13.1 Å². The molecule has 0 saturated carbocycles. The molecule has 0 amide bonds. The van der Waals surface area contributed by atoms with Crippen molar-refractivity contribution < 1.29 is 26.7 Å². The predicted octanol–water partition coefficient (Wildman–Crippen LogP) is 3.54. The van der Waals surface area contributed by atoms with Crippen LogP contribution in [0.5, 0.6) is 0 Å². The van der Waals surface area contributed by atoms with Gasteiger partial charge in [-0.2, -0.15) is 17.5 Å². The quantitative estimate of drug-likeness (QED) is 0.816. The summed E-state index contributed by atoms with van der Waals surface area (Å²) in [5.74, 6) is 0. The summed E-state index contributed by atoms with van der Waals surface area (Å²) in [4.78, 5) is -0.534. The molecule has 0 atom stereocenters. The topological polar surface area (TPSA) is 57.6 Å². The van der Waals surface area contributed by atoms with E-state index >= 15 is 0 Å². The SMILES string of the molecule is O=S(=O)(c1ccc(Cl)c(C(F)(F)F)c1)N(CCO)Cc1ccccc1. The van der Waals surface area contributed by atoms with E-state index in [0.717, 1.165) is 16.4 Å². The van der Waals surface area contributed by atoms with Crippen molar-refractivity contribution in [2.75, 3.05) is 13.2 Å². The van der Waals surface area contributed by atoms with E-state index in [-0.39, 0.29) is 13.1 Å². The summed E-state index contributed by atoms with van der Waals surface area (Å²) < 4.78 is 65.3. The average Bonchev–Trinajstić information content (AvgIpc) is 2.54. The van der Waals surface area contributed by atoms with Gasteiger partial charge in [0.2, 0.25) is 10.0 Å². The van der Waals surface area contributed by atoms with Crippen molar-refractivity contribution in [3.63, 3.8) is 0 Å². The number of hydrogen-bond donors (Lipinski definition) is 1. The lowest BCUT2D eigenvalue weighted by Gasteiger charge is -2.22. The van der Waals surface area contributed by atoms with Gasteiger partial charge in [0.1, 0.15) is 0 Å². The summed E-state index contributed by atoms with van der Waals surface area (Å²) in [6.07, 6.45) is -4.77. The number of halogens is 4. The minimum absolute atomic E-state index is 0.0757. The molecule has 0 heterocycles. The van der Waals surface area contributed by atoms with E-state index in [0.29, 0.717) is 11.6 Å². The van der Waals surface area contributed by atoms with Gasteiger partial charge in [-0.3, -0.25) is 0 Å². The Kier molecular flexibility index (Phi) is 6.10. The Morgan fingerprint density at radius 1 is 1.08 bits per heavy atom. The molecule has 0 bridgehead atoms. The van der Waals surface area contributed by atoms with Crippen LogP contribution in [0.2, 0.25) is 5.02 Å². The van der Waals surface area contributed by atoms with Crippen LogP contribution in [-0.2, 0) is 22.7 Å². The Morgan fingerprint density at radius 2 is 1.72 bits per heavy atom. The van der Waals surface area contributed by atoms with Crippen molar-refractivity contribution >= 4 is 21.6 Å². The first-order valence-corrected chi connectivity index (χ1v) is 8.99. The fraction of sp³-hybridized carbons (Fsp3) is 0.250. The van der Waals surface area contributed by atoms with E-state index in [1.165, 1.54) is 0 Å². The Balaban J connectivity index is 2.43. The molecule has 0 spiro atoms. The molecule has 2 rings (SSSR count). The lowest BCUT2D eigenvalue weighted by molar-refractivity contribution is -0.137. The lowest BCUT2D eigenvalue weighted by atomic mass is 10.2. The van der Waals surface area contributed by atoms with Crippen LogP contribution in [-0.4, -0.2) is 31.0 Å². The fourth-order valence-electron chi connectivity index (χ4n) is 2.21. The summed E-state index contributed by atoms with van der Waals surface area (Å²) in [7, 11) is -4.25. The smallest absolute Gasteiger partial charge is 0.395 e. The van der Waals surface area contributed by atoms with Gasteiger partial charge in [0.15, 0.2) is 0 Å². The highest BCUT2D eigenvalue weighted by Gasteiger charge is 2.35. The second-order valence-corrected chi connectivity index (χ2v) is 7.53. The van der Waals surface area contributed by atoms with E-state index < -0.39 is 38.3 Å². The zero-order valence-electron chi connectivity index (χ0n) is 12.9. The molecule has 4 nitrogen and oxygen atoms in total. The van der Waals surface area contributed by atoms with Crippen LogP contribution < -0.4 is 0 Å². The maximum absolute atomic E-state index is 13.0. The molecule has 136 valence electrons. The van der Waals surface area contributed by atoms with Crippen LogP contribution in [0.3, 0.4) is 0 Å². The molecule has 25 heavy (non-hydrogen) atoms. The summed E-state index contributed by atoms with van der Waals surface area (Å²) in [5.41, 5.74) is -0.580. The fourth-order valence-corrected chi connectivity index (χ4v) is 3.88. The number of hydrogen-bond acceptors (Lipinski definition) is 3. The van der Waals surface area contributed by atoms with E-state index in [1.807, 2.05) is 0 Å². The molecule has 0 radical (unpaired) electrons. The monoisotopic (exact) mass is 393 g/mol. The molecular formula is C16H15ClF3NO3S. The van der Waals surface area contributed by atoms with Crippen LogP contribution in [0, 0.1) is 0 Å². The second-order valence-electron chi connectivity index (χ2n) is 5.19. The van der Waals surface area contributed by atoms with Crippen LogP contribution >= 0.6 is 11.6 Å². The molecule has 1 N–H and O–H groups in total. The van der Waals surface area contributed by atoms with Crippen LogP contribution in [0.1, 0.15) is 11.1 Å². The zero-order chi connectivity index (χ0) is 18.7. The molecule has 0 saturated heterocycles. The van der Waals surface area contributed by atoms with E-state index in [1.54, 1.807) is 30.3 Å². The largest absolute Gasteiger partial charge is 0.417 e. The number of aliphatic hydroxyl groups excluding tert-OH is 1. The summed E-state index contributed by atoms with van der Waals surface area (Å²) in [5, 5.41) is 8.57. The zero-order valence-corrected chi connectivity index (χ0v) is 14.4. The standard InChI is InChI=1S/C16H15ClF3NO3S/c17-15-7-6-13(10-14(15)16(18,19)20)25(23,24)21(8-9-22)11-12-4-2-1-3-5-12/h1-7,10,22H,8-9,11H2.